The van der Waals surface area contributed by atoms with Crippen LogP contribution in [-0.4, -0.2) is 82.4 Å². The average Bonchev–Trinajstić information content (AvgIpc) is 3.58. The molecule has 0 atom stereocenters. The summed E-state index contributed by atoms with van der Waals surface area (Å²) in [5, 5.41) is 18.8. The summed E-state index contributed by atoms with van der Waals surface area (Å²) in [7, 11) is 0. The number of nitriles is 1. The molecule has 0 saturated carbocycles. The number of aromatic nitrogens is 3. The second-order valence-electron chi connectivity index (χ2n) is 13.2. The molecule has 7 rings (SSSR count). The first-order valence-electron chi connectivity index (χ1n) is 15.9. The van der Waals surface area contributed by atoms with Gasteiger partial charge in [-0.25, -0.2) is 9.97 Å². The third-order valence-corrected chi connectivity index (χ3v) is 11.0. The Bertz CT molecular complexity index is 1720. The fourth-order valence-electron chi connectivity index (χ4n) is 7.60. The van der Waals surface area contributed by atoms with Crippen LogP contribution in [0.4, 0.5) is 19.0 Å². The highest BCUT2D eigenvalue weighted by Crippen LogP contribution is 2.37. The Labute approximate surface area is 265 Å². The zero-order valence-corrected chi connectivity index (χ0v) is 26.4. The molecule has 4 aromatic rings. The van der Waals surface area contributed by atoms with Crippen molar-refractivity contribution in [2.24, 2.45) is 5.41 Å². The third-order valence-electron chi connectivity index (χ3n) is 9.98. The Morgan fingerprint density at radius 1 is 1.11 bits per heavy atom. The van der Waals surface area contributed by atoms with Crippen molar-refractivity contribution in [3.63, 3.8) is 0 Å². The molecule has 238 valence electrons. The molecule has 0 aliphatic carbocycles. The molecule has 0 amide bonds. The van der Waals surface area contributed by atoms with Crippen LogP contribution in [0, 0.1) is 23.7 Å². The molecule has 6 heterocycles. The zero-order valence-electron chi connectivity index (χ0n) is 25.6. The normalized spacial score (nSPS) is 19.7. The molecule has 0 radical (unpaired) electrons. The van der Waals surface area contributed by atoms with Crippen LogP contribution in [0.5, 0.6) is 0 Å². The lowest BCUT2D eigenvalue weighted by atomic mass is 9.74. The molecule has 3 aliphatic rings. The van der Waals surface area contributed by atoms with E-state index in [1.54, 1.807) is 6.07 Å². The summed E-state index contributed by atoms with van der Waals surface area (Å²) >= 11 is 1.08. The number of rotatable bonds is 8. The second-order valence-corrected chi connectivity index (χ2v) is 14.3. The number of nitrogens with one attached hydrogen (secondary N) is 2. The molecule has 12 heteroatoms. The Kier molecular flexibility index (Phi) is 8.23. The number of hydrogen-bond donors (Lipinski definition) is 2. The minimum atomic E-state index is -4.25. The zero-order chi connectivity index (χ0) is 31.2. The van der Waals surface area contributed by atoms with Crippen molar-refractivity contribution in [2.75, 3.05) is 51.1 Å². The maximum absolute atomic E-state index is 12.9. The number of anilines is 1. The number of likely N-dealkylation sites (tertiary alicyclic amines) is 2. The van der Waals surface area contributed by atoms with Crippen LogP contribution in [0.2, 0.25) is 0 Å². The van der Waals surface area contributed by atoms with Gasteiger partial charge in [0.25, 0.3) is 0 Å². The molecule has 1 aromatic carbocycles. The van der Waals surface area contributed by atoms with Gasteiger partial charge in [0.1, 0.15) is 28.7 Å². The smallest absolute Gasteiger partial charge is 0.367 e. The van der Waals surface area contributed by atoms with Crippen molar-refractivity contribution in [2.45, 2.75) is 64.3 Å². The van der Waals surface area contributed by atoms with E-state index in [2.05, 4.69) is 66.2 Å². The first kappa shape index (κ1) is 30.4. The molecule has 45 heavy (non-hydrogen) atoms. The predicted molar refractivity (Wildman–Crippen MR) is 171 cm³/mol. The standard InChI is InChI=1S/C33H39F3N8S/c1-22-23(3-4-29-27(22)13-25(16-37)44(29)12-11-43-19-32(20-43)7-2-8-38-18-32)17-42-9-5-24(6-10-42)41-30-28-14-26(15-33(34,35)36)45-31(28)40-21-39-30/h3-4,13-14,21,24,38H,2,5-12,15,17-20H2,1H3,(H,39,40,41). The van der Waals surface area contributed by atoms with Gasteiger partial charge in [-0.2, -0.15) is 18.4 Å². The molecule has 3 aromatic heterocycles. The Morgan fingerprint density at radius 3 is 2.67 bits per heavy atom. The summed E-state index contributed by atoms with van der Waals surface area (Å²) in [5.74, 6) is 0.613. The van der Waals surface area contributed by atoms with E-state index >= 15 is 0 Å². The van der Waals surface area contributed by atoms with E-state index < -0.39 is 12.6 Å². The minimum Gasteiger partial charge on any atom is -0.367 e. The number of hydrogen-bond acceptors (Lipinski definition) is 8. The van der Waals surface area contributed by atoms with Crippen molar-refractivity contribution < 1.29 is 13.2 Å². The summed E-state index contributed by atoms with van der Waals surface area (Å²) in [6.07, 6.45) is 0.640. The Balaban J connectivity index is 0.964. The molecule has 3 aliphatic heterocycles. The van der Waals surface area contributed by atoms with Gasteiger partial charge in [0.05, 0.1) is 11.8 Å². The van der Waals surface area contributed by atoms with Crippen LogP contribution >= 0.6 is 11.3 Å². The molecule has 3 fully saturated rings. The highest BCUT2D eigenvalue weighted by Gasteiger charge is 2.43. The van der Waals surface area contributed by atoms with E-state index in [0.29, 0.717) is 21.4 Å². The van der Waals surface area contributed by atoms with Gasteiger partial charge in [0.2, 0.25) is 0 Å². The van der Waals surface area contributed by atoms with Crippen molar-refractivity contribution in [1.29, 1.82) is 5.26 Å². The van der Waals surface area contributed by atoms with Crippen molar-refractivity contribution in [1.82, 2.24) is 29.7 Å². The van der Waals surface area contributed by atoms with E-state index in [1.165, 1.54) is 30.3 Å². The Morgan fingerprint density at radius 2 is 1.93 bits per heavy atom. The van der Waals surface area contributed by atoms with Crippen molar-refractivity contribution in [3.05, 3.63) is 52.3 Å². The van der Waals surface area contributed by atoms with E-state index in [1.807, 2.05) is 0 Å². The van der Waals surface area contributed by atoms with Crippen LogP contribution in [0.3, 0.4) is 0 Å². The number of alkyl halides is 3. The third kappa shape index (κ3) is 6.41. The highest BCUT2D eigenvalue weighted by molar-refractivity contribution is 7.18. The van der Waals surface area contributed by atoms with Crippen LogP contribution in [0.1, 0.15) is 47.4 Å². The van der Waals surface area contributed by atoms with Gasteiger partial charge < -0.3 is 20.1 Å². The fraction of sp³-hybridized carbons (Fsp3) is 0.545. The van der Waals surface area contributed by atoms with Gasteiger partial charge in [-0.1, -0.05) is 6.07 Å². The molecule has 0 bridgehead atoms. The monoisotopic (exact) mass is 636 g/mol. The van der Waals surface area contributed by atoms with Gasteiger partial charge in [-0.05, 0) is 68.5 Å². The van der Waals surface area contributed by atoms with E-state index in [4.69, 9.17) is 0 Å². The molecule has 0 unspecified atom stereocenters. The largest absolute Gasteiger partial charge is 0.393 e. The van der Waals surface area contributed by atoms with E-state index in [-0.39, 0.29) is 10.9 Å². The summed E-state index contributed by atoms with van der Waals surface area (Å²) in [4.78, 5) is 14.4. The number of fused-ring (bicyclic) bond motifs is 2. The van der Waals surface area contributed by atoms with Gasteiger partial charge in [0, 0.05) is 79.6 Å². The van der Waals surface area contributed by atoms with E-state index in [9.17, 15) is 18.4 Å². The van der Waals surface area contributed by atoms with Crippen LogP contribution < -0.4 is 10.6 Å². The molecular formula is C33H39F3N8S. The maximum atomic E-state index is 12.9. The summed E-state index contributed by atoms with van der Waals surface area (Å²) in [6, 6.07) is 10.7. The van der Waals surface area contributed by atoms with Crippen LogP contribution in [0.15, 0.2) is 30.6 Å². The Hall–Kier alpha value is -3.24. The SMILES string of the molecule is Cc1c(CN2CCC(Nc3ncnc4sc(CC(F)(F)F)cc34)CC2)ccc2c1cc(C#N)n2CCN1CC2(CCCNC2)C1. The molecule has 3 saturated heterocycles. The first-order valence-corrected chi connectivity index (χ1v) is 16.7. The molecular weight excluding hydrogens is 597 g/mol. The lowest BCUT2D eigenvalue weighted by Crippen LogP contribution is -2.62. The van der Waals surface area contributed by atoms with Crippen molar-refractivity contribution in [3.8, 4) is 6.07 Å². The second kappa shape index (κ2) is 12.2. The summed E-state index contributed by atoms with van der Waals surface area (Å²) in [5.41, 5.74) is 4.82. The number of halogens is 3. The van der Waals surface area contributed by atoms with Crippen molar-refractivity contribution >= 4 is 38.3 Å². The number of thiophene rings is 1. The maximum Gasteiger partial charge on any atom is 0.393 e. The molecule has 2 N–H and O–H groups in total. The number of nitrogens with zero attached hydrogens (tertiary/aromatic N) is 6. The average molecular weight is 637 g/mol. The van der Waals surface area contributed by atoms with Crippen LogP contribution in [-0.2, 0) is 19.5 Å². The number of benzene rings is 1. The topological polar surface area (TPSA) is 85.0 Å². The van der Waals surface area contributed by atoms with Crippen LogP contribution in [0.25, 0.3) is 21.1 Å². The quantitative estimate of drug-likeness (QED) is 0.257. The van der Waals surface area contributed by atoms with Gasteiger partial charge in [-0.15, -0.1) is 11.3 Å². The first-order chi connectivity index (χ1) is 21.7. The predicted octanol–water partition coefficient (Wildman–Crippen LogP) is 5.69. The molecule has 1 spiro atoms. The molecule has 8 nitrogen and oxygen atoms in total. The fourth-order valence-corrected chi connectivity index (χ4v) is 8.63. The minimum absolute atomic E-state index is 0.191. The van der Waals surface area contributed by atoms with Gasteiger partial charge in [0.15, 0.2) is 0 Å². The van der Waals surface area contributed by atoms with Gasteiger partial charge >= 0.3 is 6.18 Å². The number of piperidine rings is 2. The highest BCUT2D eigenvalue weighted by atomic mass is 32.1. The summed E-state index contributed by atoms with van der Waals surface area (Å²) < 4.78 is 41.0. The van der Waals surface area contributed by atoms with Gasteiger partial charge in [-0.3, -0.25) is 4.90 Å². The van der Waals surface area contributed by atoms with E-state index in [0.717, 1.165) is 99.7 Å². The summed E-state index contributed by atoms with van der Waals surface area (Å²) in [6.45, 7) is 11.2. The number of aryl methyl sites for hydroxylation is 1. The lowest BCUT2D eigenvalue weighted by molar-refractivity contribution is -0.126. The lowest BCUT2D eigenvalue weighted by Gasteiger charge is -2.52.